The Balaban J connectivity index is 2.17. The number of nitrogens with zero attached hydrogens (tertiary/aromatic N) is 3. The van der Waals surface area contributed by atoms with Gasteiger partial charge in [-0.25, -0.2) is 4.98 Å². The quantitative estimate of drug-likeness (QED) is 0.766. The second kappa shape index (κ2) is 4.07. The van der Waals surface area contributed by atoms with Crippen molar-refractivity contribution in [3.8, 4) is 6.07 Å². The molecule has 0 atom stereocenters. The van der Waals surface area contributed by atoms with Crippen molar-refractivity contribution in [2.45, 2.75) is 13.0 Å². The zero-order valence-corrected chi connectivity index (χ0v) is 8.37. The van der Waals surface area contributed by atoms with Crippen LogP contribution in [0.4, 0.5) is 0 Å². The second-order valence-electron chi connectivity index (χ2n) is 2.89. The van der Waals surface area contributed by atoms with Gasteiger partial charge in [0.15, 0.2) is 0 Å². The van der Waals surface area contributed by atoms with Gasteiger partial charge in [0.1, 0.15) is 12.4 Å². The molecule has 0 aliphatic heterocycles. The van der Waals surface area contributed by atoms with Crippen LogP contribution in [-0.4, -0.2) is 9.55 Å². The molecule has 0 amide bonds. The number of aromatic nitrogens is 2. The third kappa shape index (κ3) is 1.83. The SMILES string of the molecule is N#CCn1ccnc1Cc1cccs1. The summed E-state index contributed by atoms with van der Waals surface area (Å²) in [6.45, 7) is 0.376. The van der Waals surface area contributed by atoms with Crippen LogP contribution in [0, 0.1) is 11.3 Å². The number of hydrogen-bond acceptors (Lipinski definition) is 3. The molecule has 0 aromatic carbocycles. The molecule has 70 valence electrons. The number of thiophene rings is 1. The summed E-state index contributed by atoms with van der Waals surface area (Å²) in [6, 6.07) is 6.22. The molecule has 0 aliphatic rings. The largest absolute Gasteiger partial charge is 0.321 e. The van der Waals surface area contributed by atoms with Gasteiger partial charge in [0.05, 0.1) is 6.07 Å². The van der Waals surface area contributed by atoms with E-state index in [2.05, 4.69) is 17.1 Å². The van der Waals surface area contributed by atoms with Crippen molar-refractivity contribution in [2.24, 2.45) is 0 Å². The predicted molar refractivity (Wildman–Crippen MR) is 55.0 cm³/mol. The summed E-state index contributed by atoms with van der Waals surface area (Å²) in [4.78, 5) is 5.50. The lowest BCUT2D eigenvalue weighted by atomic mass is 10.3. The van der Waals surface area contributed by atoms with E-state index in [1.807, 2.05) is 22.2 Å². The highest BCUT2D eigenvalue weighted by atomic mass is 32.1. The molecule has 0 saturated carbocycles. The summed E-state index contributed by atoms with van der Waals surface area (Å²) in [5, 5.41) is 10.6. The zero-order valence-electron chi connectivity index (χ0n) is 7.55. The molecular weight excluding hydrogens is 194 g/mol. The lowest BCUT2D eigenvalue weighted by Crippen LogP contribution is -2.01. The van der Waals surface area contributed by atoms with Gasteiger partial charge in [0.25, 0.3) is 0 Å². The highest BCUT2D eigenvalue weighted by Gasteiger charge is 2.03. The van der Waals surface area contributed by atoms with Crippen LogP contribution >= 0.6 is 11.3 Å². The van der Waals surface area contributed by atoms with E-state index >= 15 is 0 Å². The summed E-state index contributed by atoms with van der Waals surface area (Å²) < 4.78 is 1.87. The molecule has 14 heavy (non-hydrogen) atoms. The van der Waals surface area contributed by atoms with Gasteiger partial charge >= 0.3 is 0 Å². The fourth-order valence-corrected chi connectivity index (χ4v) is 2.00. The minimum Gasteiger partial charge on any atom is -0.321 e. The molecule has 0 spiro atoms. The first-order valence-corrected chi connectivity index (χ1v) is 5.17. The average molecular weight is 203 g/mol. The van der Waals surface area contributed by atoms with Crippen LogP contribution in [0.2, 0.25) is 0 Å². The summed E-state index contributed by atoms with van der Waals surface area (Å²) >= 11 is 1.71. The van der Waals surface area contributed by atoms with Crippen LogP contribution in [0.5, 0.6) is 0 Å². The molecule has 0 unspecified atom stereocenters. The van der Waals surface area contributed by atoms with Crippen molar-refractivity contribution in [1.29, 1.82) is 5.26 Å². The van der Waals surface area contributed by atoms with Gasteiger partial charge in [-0.1, -0.05) is 6.07 Å². The normalized spacial score (nSPS) is 9.93. The van der Waals surface area contributed by atoms with Crippen molar-refractivity contribution in [1.82, 2.24) is 9.55 Å². The van der Waals surface area contributed by atoms with E-state index in [0.29, 0.717) is 6.54 Å². The standard InChI is InChI=1S/C10H9N3S/c11-3-5-13-6-4-12-10(13)8-9-2-1-7-14-9/h1-2,4,6-7H,5,8H2. The van der Waals surface area contributed by atoms with Crippen LogP contribution in [0.25, 0.3) is 0 Å². The van der Waals surface area contributed by atoms with Gasteiger partial charge in [-0.3, -0.25) is 0 Å². The van der Waals surface area contributed by atoms with Crippen LogP contribution in [0.3, 0.4) is 0 Å². The molecule has 0 radical (unpaired) electrons. The summed E-state index contributed by atoms with van der Waals surface area (Å²) in [6.07, 6.45) is 4.39. The van der Waals surface area contributed by atoms with Crippen molar-refractivity contribution in [2.75, 3.05) is 0 Å². The van der Waals surface area contributed by atoms with Gasteiger partial charge in [-0.15, -0.1) is 11.3 Å². The Bertz CT molecular complexity index is 436. The number of imidazole rings is 1. The van der Waals surface area contributed by atoms with Crippen LogP contribution in [0.1, 0.15) is 10.7 Å². The molecule has 0 aliphatic carbocycles. The van der Waals surface area contributed by atoms with Gasteiger partial charge in [0, 0.05) is 23.7 Å². The first kappa shape index (κ1) is 8.97. The summed E-state index contributed by atoms with van der Waals surface area (Å²) in [5.74, 6) is 0.953. The Morgan fingerprint density at radius 2 is 2.50 bits per heavy atom. The zero-order chi connectivity index (χ0) is 9.80. The molecular formula is C10H9N3S. The van der Waals surface area contributed by atoms with Crippen molar-refractivity contribution >= 4 is 11.3 Å². The molecule has 2 aromatic heterocycles. The Labute approximate surface area is 86.3 Å². The molecule has 4 heteroatoms. The lowest BCUT2D eigenvalue weighted by molar-refractivity contribution is 0.767. The van der Waals surface area contributed by atoms with E-state index in [1.165, 1.54) is 4.88 Å². The average Bonchev–Trinajstić information content (AvgIpc) is 2.80. The minimum atomic E-state index is 0.376. The highest BCUT2D eigenvalue weighted by Crippen LogP contribution is 2.13. The van der Waals surface area contributed by atoms with E-state index in [4.69, 9.17) is 5.26 Å². The molecule has 3 nitrogen and oxygen atoms in total. The highest BCUT2D eigenvalue weighted by molar-refractivity contribution is 7.09. The van der Waals surface area contributed by atoms with E-state index < -0.39 is 0 Å². The smallest absolute Gasteiger partial charge is 0.114 e. The van der Waals surface area contributed by atoms with Crippen LogP contribution < -0.4 is 0 Å². The van der Waals surface area contributed by atoms with Gasteiger partial charge < -0.3 is 4.57 Å². The maximum Gasteiger partial charge on any atom is 0.114 e. The van der Waals surface area contributed by atoms with Crippen LogP contribution in [0.15, 0.2) is 29.9 Å². The Hall–Kier alpha value is -1.60. The maximum atomic E-state index is 8.59. The van der Waals surface area contributed by atoms with E-state index in [1.54, 1.807) is 17.5 Å². The third-order valence-corrected chi connectivity index (χ3v) is 2.83. The maximum absolute atomic E-state index is 8.59. The van der Waals surface area contributed by atoms with E-state index in [0.717, 1.165) is 12.2 Å². The second-order valence-corrected chi connectivity index (χ2v) is 3.92. The van der Waals surface area contributed by atoms with E-state index in [-0.39, 0.29) is 0 Å². The molecule has 0 fully saturated rings. The summed E-state index contributed by atoms with van der Waals surface area (Å²) in [7, 11) is 0. The fraction of sp³-hybridized carbons (Fsp3) is 0.200. The molecule has 2 rings (SSSR count). The fourth-order valence-electron chi connectivity index (χ4n) is 1.30. The molecule has 2 heterocycles. The number of hydrogen-bond donors (Lipinski definition) is 0. The van der Waals surface area contributed by atoms with Crippen molar-refractivity contribution in [3.63, 3.8) is 0 Å². The lowest BCUT2D eigenvalue weighted by Gasteiger charge is -2.00. The van der Waals surface area contributed by atoms with Gasteiger partial charge in [-0.05, 0) is 11.4 Å². The Kier molecular flexibility index (Phi) is 2.61. The minimum absolute atomic E-state index is 0.376. The Morgan fingerprint density at radius 3 is 3.21 bits per heavy atom. The number of rotatable bonds is 3. The first-order chi connectivity index (χ1) is 6.90. The van der Waals surface area contributed by atoms with Crippen LogP contribution in [-0.2, 0) is 13.0 Å². The van der Waals surface area contributed by atoms with E-state index in [9.17, 15) is 0 Å². The van der Waals surface area contributed by atoms with Gasteiger partial charge in [-0.2, -0.15) is 5.26 Å². The first-order valence-electron chi connectivity index (χ1n) is 4.29. The molecule has 0 bridgehead atoms. The molecule has 2 aromatic rings. The van der Waals surface area contributed by atoms with Gasteiger partial charge in [0.2, 0.25) is 0 Å². The molecule has 0 N–H and O–H groups in total. The summed E-state index contributed by atoms with van der Waals surface area (Å²) in [5.41, 5.74) is 0. The molecule has 0 saturated heterocycles. The Morgan fingerprint density at radius 1 is 1.57 bits per heavy atom. The predicted octanol–water partition coefficient (Wildman–Crippen LogP) is 2.06. The third-order valence-electron chi connectivity index (χ3n) is 1.96. The topological polar surface area (TPSA) is 41.6 Å². The van der Waals surface area contributed by atoms with Crippen molar-refractivity contribution < 1.29 is 0 Å². The van der Waals surface area contributed by atoms with Crippen molar-refractivity contribution in [3.05, 3.63) is 40.6 Å². The number of nitriles is 1. The monoisotopic (exact) mass is 203 g/mol.